The number of fused-ring (bicyclic) bond motifs is 1. The Morgan fingerprint density at radius 3 is 2.67 bits per heavy atom. The van der Waals surface area contributed by atoms with Gasteiger partial charge in [-0.2, -0.15) is 0 Å². The van der Waals surface area contributed by atoms with E-state index in [1.807, 2.05) is 36.9 Å². The number of aromatic amines is 1. The second-order valence-corrected chi connectivity index (χ2v) is 7.68. The fourth-order valence-electron chi connectivity index (χ4n) is 3.86. The monoisotopic (exact) mass is 410 g/mol. The van der Waals surface area contributed by atoms with Crippen molar-refractivity contribution in [2.75, 3.05) is 14.2 Å². The number of hydrogen-bond donors (Lipinski definition) is 1. The first-order valence-corrected chi connectivity index (χ1v) is 9.99. The van der Waals surface area contributed by atoms with Crippen molar-refractivity contribution in [2.24, 2.45) is 0 Å². The minimum atomic E-state index is -0.210. The molecular formula is C22H26N4O4. The maximum atomic E-state index is 13.3. The molecule has 0 spiro atoms. The molecule has 1 aliphatic rings. The quantitative estimate of drug-likeness (QED) is 0.646. The van der Waals surface area contributed by atoms with Crippen molar-refractivity contribution < 1.29 is 14.3 Å². The maximum absolute atomic E-state index is 13.3. The molecule has 0 atom stereocenters. The highest BCUT2D eigenvalue weighted by atomic mass is 16.5. The summed E-state index contributed by atoms with van der Waals surface area (Å²) in [5.74, 6) is 1.49. The molecule has 0 unspecified atom stereocenters. The molecular weight excluding hydrogens is 384 g/mol. The van der Waals surface area contributed by atoms with Crippen LogP contribution in [0.2, 0.25) is 0 Å². The Balaban J connectivity index is 1.63. The number of methoxy groups -OCH3 is 2. The van der Waals surface area contributed by atoms with Gasteiger partial charge in [0.1, 0.15) is 11.5 Å². The van der Waals surface area contributed by atoms with E-state index in [0.29, 0.717) is 12.2 Å². The van der Waals surface area contributed by atoms with E-state index in [2.05, 4.69) is 10.1 Å². The van der Waals surface area contributed by atoms with Gasteiger partial charge in [0.25, 0.3) is 5.56 Å². The molecule has 1 fully saturated rings. The Kier molecular flexibility index (Phi) is 5.24. The SMILES string of the molecule is COc1ccc(OC)c(CN(C(=O)Cc2c(C)nc3cc(=O)[nH]n3c2C)C2CC2)c1. The van der Waals surface area contributed by atoms with Gasteiger partial charge in [0.15, 0.2) is 5.65 Å². The van der Waals surface area contributed by atoms with Crippen LogP contribution >= 0.6 is 0 Å². The van der Waals surface area contributed by atoms with Crippen LogP contribution in [-0.4, -0.2) is 45.7 Å². The van der Waals surface area contributed by atoms with Crippen LogP contribution in [-0.2, 0) is 17.8 Å². The van der Waals surface area contributed by atoms with E-state index in [1.54, 1.807) is 18.7 Å². The third-order valence-corrected chi connectivity index (χ3v) is 5.67. The molecule has 2 heterocycles. The molecule has 3 aromatic rings. The van der Waals surface area contributed by atoms with Gasteiger partial charge in [0.2, 0.25) is 5.91 Å². The van der Waals surface area contributed by atoms with Crippen molar-refractivity contribution in [3.8, 4) is 11.5 Å². The minimum Gasteiger partial charge on any atom is -0.497 e. The molecule has 30 heavy (non-hydrogen) atoms. The number of H-pyrrole nitrogens is 1. The van der Waals surface area contributed by atoms with Gasteiger partial charge in [-0.05, 0) is 44.9 Å². The van der Waals surface area contributed by atoms with Crippen LogP contribution in [0.15, 0.2) is 29.1 Å². The highest BCUT2D eigenvalue weighted by molar-refractivity contribution is 5.80. The highest BCUT2D eigenvalue weighted by Crippen LogP contribution is 2.32. The van der Waals surface area contributed by atoms with Gasteiger partial charge >= 0.3 is 0 Å². The maximum Gasteiger partial charge on any atom is 0.266 e. The number of ether oxygens (including phenoxy) is 2. The topological polar surface area (TPSA) is 88.9 Å². The number of nitrogens with one attached hydrogen (secondary N) is 1. The summed E-state index contributed by atoms with van der Waals surface area (Å²) < 4.78 is 12.5. The Hall–Kier alpha value is -3.29. The molecule has 1 aromatic carbocycles. The zero-order chi connectivity index (χ0) is 21.4. The van der Waals surface area contributed by atoms with Crippen molar-refractivity contribution in [1.29, 1.82) is 0 Å². The summed E-state index contributed by atoms with van der Waals surface area (Å²) >= 11 is 0. The molecule has 0 bridgehead atoms. The molecule has 0 radical (unpaired) electrons. The van der Waals surface area contributed by atoms with Crippen LogP contribution in [0.5, 0.6) is 11.5 Å². The summed E-state index contributed by atoms with van der Waals surface area (Å²) in [6.45, 7) is 4.23. The largest absolute Gasteiger partial charge is 0.497 e. The standard InChI is InChI=1S/C22H26N4O4/c1-13-18(14(2)26-20(23-13)11-21(27)24-26)10-22(28)25(16-5-6-16)12-15-9-17(29-3)7-8-19(15)30-4/h7-9,11,16H,5-6,10,12H2,1-4H3,(H,24,27). The average molecular weight is 410 g/mol. The van der Waals surface area contributed by atoms with Crippen LogP contribution in [0.25, 0.3) is 5.65 Å². The van der Waals surface area contributed by atoms with Crippen molar-refractivity contribution in [2.45, 2.75) is 45.7 Å². The molecule has 0 saturated heterocycles. The Morgan fingerprint density at radius 2 is 2.00 bits per heavy atom. The Labute approximate surface area is 174 Å². The molecule has 1 saturated carbocycles. The Morgan fingerprint density at radius 1 is 1.23 bits per heavy atom. The van der Waals surface area contributed by atoms with Crippen LogP contribution in [0.1, 0.15) is 35.4 Å². The van der Waals surface area contributed by atoms with Crippen LogP contribution in [0, 0.1) is 13.8 Å². The number of aromatic nitrogens is 3. The first kappa shape index (κ1) is 20.0. The van der Waals surface area contributed by atoms with E-state index >= 15 is 0 Å². The zero-order valence-electron chi connectivity index (χ0n) is 17.7. The van der Waals surface area contributed by atoms with E-state index in [-0.39, 0.29) is 23.9 Å². The van der Waals surface area contributed by atoms with Crippen LogP contribution in [0.3, 0.4) is 0 Å². The Bertz CT molecular complexity index is 1160. The number of rotatable bonds is 7. The van der Waals surface area contributed by atoms with Gasteiger partial charge < -0.3 is 14.4 Å². The first-order valence-electron chi connectivity index (χ1n) is 9.99. The summed E-state index contributed by atoms with van der Waals surface area (Å²) in [7, 11) is 3.25. The molecule has 1 amide bonds. The van der Waals surface area contributed by atoms with Crippen LogP contribution < -0.4 is 15.0 Å². The smallest absolute Gasteiger partial charge is 0.266 e. The number of benzene rings is 1. The van der Waals surface area contributed by atoms with Crippen molar-refractivity contribution in [3.05, 3.63) is 57.1 Å². The summed E-state index contributed by atoms with van der Waals surface area (Å²) in [5.41, 5.74) is 3.68. The lowest BCUT2D eigenvalue weighted by Crippen LogP contribution is -2.34. The van der Waals surface area contributed by atoms with Crippen molar-refractivity contribution in [1.82, 2.24) is 19.5 Å². The van der Waals surface area contributed by atoms with Gasteiger partial charge in [0, 0.05) is 41.2 Å². The number of carbonyl (C=O) groups is 1. The van der Waals surface area contributed by atoms with E-state index in [4.69, 9.17) is 9.47 Å². The second-order valence-electron chi connectivity index (χ2n) is 7.68. The molecule has 4 rings (SSSR count). The summed E-state index contributed by atoms with van der Waals surface area (Å²) in [4.78, 5) is 31.4. The van der Waals surface area contributed by atoms with Gasteiger partial charge in [-0.3, -0.25) is 14.7 Å². The summed E-state index contributed by atoms with van der Waals surface area (Å²) in [6, 6.07) is 7.31. The highest BCUT2D eigenvalue weighted by Gasteiger charge is 2.33. The molecule has 8 nitrogen and oxygen atoms in total. The molecule has 158 valence electrons. The fourth-order valence-corrected chi connectivity index (χ4v) is 3.86. The minimum absolute atomic E-state index is 0.0317. The van der Waals surface area contributed by atoms with Gasteiger partial charge in [0.05, 0.1) is 20.6 Å². The normalized spacial score (nSPS) is 13.5. The molecule has 1 N–H and O–H groups in total. The van der Waals surface area contributed by atoms with E-state index in [1.165, 1.54) is 6.07 Å². The van der Waals surface area contributed by atoms with E-state index in [9.17, 15) is 9.59 Å². The zero-order valence-corrected chi connectivity index (χ0v) is 17.7. The lowest BCUT2D eigenvalue weighted by Gasteiger charge is -2.24. The molecule has 2 aromatic heterocycles. The molecule has 8 heteroatoms. The predicted octanol–water partition coefficient (Wildman–Crippen LogP) is 2.39. The third kappa shape index (κ3) is 3.77. The predicted molar refractivity (Wildman–Crippen MR) is 112 cm³/mol. The summed E-state index contributed by atoms with van der Waals surface area (Å²) in [6.07, 6.45) is 2.22. The number of nitrogens with zero attached hydrogens (tertiary/aromatic N) is 3. The number of hydrogen-bond acceptors (Lipinski definition) is 5. The van der Waals surface area contributed by atoms with Gasteiger partial charge in [-0.25, -0.2) is 9.50 Å². The molecule has 1 aliphatic carbocycles. The third-order valence-electron chi connectivity index (χ3n) is 5.67. The van der Waals surface area contributed by atoms with E-state index in [0.717, 1.165) is 46.9 Å². The average Bonchev–Trinajstić information content (AvgIpc) is 3.50. The number of carbonyl (C=O) groups excluding carboxylic acids is 1. The first-order chi connectivity index (χ1) is 14.4. The summed E-state index contributed by atoms with van der Waals surface area (Å²) in [5, 5.41) is 2.74. The lowest BCUT2D eigenvalue weighted by molar-refractivity contribution is -0.131. The lowest BCUT2D eigenvalue weighted by atomic mass is 10.1. The van der Waals surface area contributed by atoms with E-state index < -0.39 is 0 Å². The second kappa shape index (κ2) is 7.85. The van der Waals surface area contributed by atoms with Gasteiger partial charge in [-0.15, -0.1) is 0 Å². The van der Waals surface area contributed by atoms with Crippen molar-refractivity contribution >= 4 is 11.6 Å². The van der Waals surface area contributed by atoms with Crippen LogP contribution in [0.4, 0.5) is 0 Å². The number of amides is 1. The molecule has 0 aliphatic heterocycles. The number of aryl methyl sites for hydroxylation is 2. The van der Waals surface area contributed by atoms with Crippen molar-refractivity contribution in [3.63, 3.8) is 0 Å². The fraction of sp³-hybridized carbons (Fsp3) is 0.409. The van der Waals surface area contributed by atoms with Gasteiger partial charge in [-0.1, -0.05) is 0 Å².